The topological polar surface area (TPSA) is 52.3 Å². The van der Waals surface area contributed by atoms with Crippen molar-refractivity contribution in [3.05, 3.63) is 64.6 Å². The summed E-state index contributed by atoms with van der Waals surface area (Å²) in [7, 11) is 0. The van der Waals surface area contributed by atoms with Crippen LogP contribution >= 0.6 is 15.9 Å². The van der Waals surface area contributed by atoms with Crippen LogP contribution in [0.2, 0.25) is 0 Å². The summed E-state index contributed by atoms with van der Waals surface area (Å²) in [6, 6.07) is 17.8. The fourth-order valence-electron chi connectivity index (χ4n) is 2.41. The fraction of sp³-hybridized carbons (Fsp3) is 0.0625. The lowest BCUT2D eigenvalue weighted by molar-refractivity contribution is 0.309. The molecule has 0 bridgehead atoms. The van der Waals surface area contributed by atoms with E-state index in [9.17, 15) is 0 Å². The van der Waals surface area contributed by atoms with Gasteiger partial charge in [0.15, 0.2) is 5.65 Å². The molecular weight excluding hydrogens is 344 g/mol. The van der Waals surface area contributed by atoms with Crippen LogP contribution < -0.4 is 4.74 Å². The van der Waals surface area contributed by atoms with Crippen molar-refractivity contribution in [2.45, 2.75) is 6.61 Å². The number of para-hydroxylation sites is 1. The highest BCUT2D eigenvalue weighted by molar-refractivity contribution is 9.10. The molecule has 2 aromatic heterocycles. The van der Waals surface area contributed by atoms with Crippen LogP contribution in [0, 0.1) is 0 Å². The molecule has 0 atom stereocenters. The van der Waals surface area contributed by atoms with Crippen molar-refractivity contribution in [2.24, 2.45) is 0 Å². The summed E-state index contributed by atoms with van der Waals surface area (Å²) < 4.78 is 8.77. The van der Waals surface area contributed by atoms with Crippen molar-refractivity contribution in [1.82, 2.24) is 20.0 Å². The monoisotopic (exact) mass is 354 g/mol. The molecule has 0 N–H and O–H groups in total. The average molecular weight is 355 g/mol. The predicted octanol–water partition coefficient (Wildman–Crippen LogP) is 3.62. The maximum absolute atomic E-state index is 6.02. The lowest BCUT2D eigenvalue weighted by Crippen LogP contribution is -1.99. The first-order chi connectivity index (χ1) is 10.8. The van der Waals surface area contributed by atoms with E-state index in [1.54, 1.807) is 4.52 Å². The van der Waals surface area contributed by atoms with Crippen LogP contribution in [0.5, 0.6) is 5.75 Å². The largest absolute Gasteiger partial charge is 0.488 e. The van der Waals surface area contributed by atoms with Gasteiger partial charge in [0, 0.05) is 21.5 Å². The van der Waals surface area contributed by atoms with Crippen LogP contribution in [0.1, 0.15) is 5.56 Å². The van der Waals surface area contributed by atoms with E-state index in [0.29, 0.717) is 12.3 Å². The molecule has 0 radical (unpaired) electrons. The first-order valence-corrected chi connectivity index (χ1v) is 7.58. The summed E-state index contributed by atoms with van der Waals surface area (Å²) in [6.07, 6.45) is 0. The summed E-state index contributed by atoms with van der Waals surface area (Å²) in [5.74, 6) is 0.772. The Bertz CT molecular complexity index is 967. The van der Waals surface area contributed by atoms with E-state index < -0.39 is 0 Å². The Morgan fingerprint density at radius 2 is 1.86 bits per heavy atom. The number of nitrogens with zero attached hydrogens (tertiary/aromatic N) is 4. The molecule has 0 spiro atoms. The fourth-order valence-corrected chi connectivity index (χ4v) is 2.81. The van der Waals surface area contributed by atoms with Crippen LogP contribution in [0.4, 0.5) is 0 Å². The molecule has 0 aliphatic carbocycles. The summed E-state index contributed by atoms with van der Waals surface area (Å²) in [6.45, 7) is 0.475. The number of tetrazole rings is 1. The van der Waals surface area contributed by atoms with Gasteiger partial charge >= 0.3 is 0 Å². The van der Waals surface area contributed by atoms with Gasteiger partial charge in [-0.15, -0.1) is 5.10 Å². The maximum atomic E-state index is 6.02. The minimum absolute atomic E-state index is 0.475. The van der Waals surface area contributed by atoms with E-state index >= 15 is 0 Å². The molecule has 0 saturated heterocycles. The maximum Gasteiger partial charge on any atom is 0.183 e. The Kier molecular flexibility index (Phi) is 3.23. The summed E-state index contributed by atoms with van der Waals surface area (Å²) in [4.78, 5) is 0. The highest BCUT2D eigenvalue weighted by atomic mass is 79.9. The molecule has 0 saturated carbocycles. The lowest BCUT2D eigenvalue weighted by atomic mass is 10.2. The number of halogens is 1. The van der Waals surface area contributed by atoms with Gasteiger partial charge in [0.05, 0.1) is 5.52 Å². The minimum Gasteiger partial charge on any atom is -0.488 e. The highest BCUT2D eigenvalue weighted by Gasteiger charge is 2.10. The summed E-state index contributed by atoms with van der Waals surface area (Å²) in [5, 5.41) is 12.7. The van der Waals surface area contributed by atoms with Gasteiger partial charge in [0.1, 0.15) is 12.4 Å². The smallest absolute Gasteiger partial charge is 0.183 e. The molecule has 22 heavy (non-hydrogen) atoms. The highest BCUT2D eigenvalue weighted by Crippen LogP contribution is 2.28. The van der Waals surface area contributed by atoms with Gasteiger partial charge in [-0.1, -0.05) is 46.3 Å². The lowest BCUT2D eigenvalue weighted by Gasteiger charge is -2.11. The third-order valence-electron chi connectivity index (χ3n) is 3.49. The molecule has 2 aromatic carbocycles. The average Bonchev–Trinajstić information content (AvgIpc) is 3.02. The van der Waals surface area contributed by atoms with Crippen molar-refractivity contribution in [1.29, 1.82) is 0 Å². The molecule has 0 aliphatic heterocycles. The van der Waals surface area contributed by atoms with Crippen molar-refractivity contribution in [3.63, 3.8) is 0 Å². The Balaban J connectivity index is 1.78. The van der Waals surface area contributed by atoms with Crippen LogP contribution in [0.3, 0.4) is 0 Å². The van der Waals surface area contributed by atoms with E-state index in [2.05, 4.69) is 31.5 Å². The number of rotatable bonds is 3. The van der Waals surface area contributed by atoms with Gasteiger partial charge in [-0.05, 0) is 28.6 Å². The number of ether oxygens (including phenoxy) is 1. The zero-order valence-corrected chi connectivity index (χ0v) is 13.1. The molecule has 4 rings (SSSR count). The third kappa shape index (κ3) is 2.21. The first-order valence-electron chi connectivity index (χ1n) is 6.79. The molecule has 4 aromatic rings. The van der Waals surface area contributed by atoms with Crippen molar-refractivity contribution in [2.75, 3.05) is 0 Å². The second-order valence-corrected chi connectivity index (χ2v) is 5.71. The van der Waals surface area contributed by atoms with Crippen LogP contribution in [0.25, 0.3) is 16.6 Å². The Hall–Kier alpha value is -2.47. The first kappa shape index (κ1) is 13.2. The van der Waals surface area contributed by atoms with E-state index in [1.807, 2.05) is 54.6 Å². The van der Waals surface area contributed by atoms with Gasteiger partial charge in [-0.3, -0.25) is 0 Å². The molecule has 108 valence electrons. The molecule has 6 heteroatoms. The zero-order chi connectivity index (χ0) is 14.9. The van der Waals surface area contributed by atoms with Gasteiger partial charge in [-0.25, -0.2) is 0 Å². The number of aromatic nitrogens is 4. The molecular formula is C16H11BrN4O. The predicted molar refractivity (Wildman–Crippen MR) is 86.8 cm³/mol. The van der Waals surface area contributed by atoms with Crippen LogP contribution in [0.15, 0.2) is 59.1 Å². The second kappa shape index (κ2) is 5.38. The number of fused-ring (bicyclic) bond motifs is 3. The minimum atomic E-state index is 0.475. The zero-order valence-electron chi connectivity index (χ0n) is 11.5. The molecule has 0 amide bonds. The number of pyridine rings is 1. The van der Waals surface area contributed by atoms with Crippen molar-refractivity contribution in [3.8, 4) is 5.75 Å². The Morgan fingerprint density at radius 3 is 2.77 bits per heavy atom. The quantitative estimate of drug-likeness (QED) is 0.563. The van der Waals surface area contributed by atoms with Crippen LogP contribution in [-0.2, 0) is 6.61 Å². The van der Waals surface area contributed by atoms with E-state index in [-0.39, 0.29) is 0 Å². The van der Waals surface area contributed by atoms with Crippen molar-refractivity contribution >= 4 is 32.5 Å². The molecule has 0 aliphatic rings. The second-order valence-electron chi connectivity index (χ2n) is 4.85. The molecule has 2 heterocycles. The van der Waals surface area contributed by atoms with E-state index in [0.717, 1.165) is 26.7 Å². The molecule has 0 unspecified atom stereocenters. The number of benzene rings is 2. The van der Waals surface area contributed by atoms with Gasteiger partial charge in [0.25, 0.3) is 0 Å². The standard InChI is InChI=1S/C16H11BrN4O/c17-13-7-3-1-5-11(13)10-22-15-9-16-18-19-20-21(16)14-8-4-2-6-12(14)15/h1-9H,10H2. The molecule has 5 nitrogen and oxygen atoms in total. The van der Waals surface area contributed by atoms with Gasteiger partial charge in [-0.2, -0.15) is 4.52 Å². The SMILES string of the molecule is Brc1ccccc1COc1cc2nnnn2c2ccccc12. The summed E-state index contributed by atoms with van der Waals surface area (Å²) >= 11 is 3.54. The Labute approximate surface area is 134 Å². The molecule has 0 fully saturated rings. The van der Waals surface area contributed by atoms with E-state index in [1.165, 1.54) is 0 Å². The summed E-state index contributed by atoms with van der Waals surface area (Å²) in [5.41, 5.74) is 2.68. The van der Waals surface area contributed by atoms with Crippen LogP contribution in [-0.4, -0.2) is 20.0 Å². The van der Waals surface area contributed by atoms with E-state index in [4.69, 9.17) is 4.74 Å². The normalized spacial score (nSPS) is 11.1. The Morgan fingerprint density at radius 1 is 1.05 bits per heavy atom. The van der Waals surface area contributed by atoms with Gasteiger partial charge in [0.2, 0.25) is 0 Å². The number of hydrogen-bond acceptors (Lipinski definition) is 4. The third-order valence-corrected chi connectivity index (χ3v) is 4.27. The van der Waals surface area contributed by atoms with Gasteiger partial charge < -0.3 is 4.74 Å². The number of hydrogen-bond donors (Lipinski definition) is 0. The van der Waals surface area contributed by atoms with Crippen molar-refractivity contribution < 1.29 is 4.74 Å².